The zero-order valence-electron chi connectivity index (χ0n) is 12.0. The Morgan fingerprint density at radius 3 is 2.38 bits per heavy atom. The summed E-state index contributed by atoms with van der Waals surface area (Å²) >= 11 is 0. The highest BCUT2D eigenvalue weighted by molar-refractivity contribution is 6.01. The molecule has 1 amide bonds. The molecule has 1 aromatic carbocycles. The van der Waals surface area contributed by atoms with Crippen LogP contribution in [-0.4, -0.2) is 30.2 Å². The molecule has 0 fully saturated rings. The van der Waals surface area contributed by atoms with Crippen molar-refractivity contribution in [3.63, 3.8) is 0 Å². The Hall–Kier alpha value is -2.64. The van der Waals surface area contributed by atoms with Gasteiger partial charge in [-0.05, 0) is 26.3 Å². The number of ether oxygens (including phenoxy) is 2. The number of aryl methyl sites for hydroxylation is 1. The number of amides is 1. The number of hydrogen-bond acceptors (Lipinski definition) is 6. The third-order valence-corrected chi connectivity index (χ3v) is 2.52. The lowest BCUT2D eigenvalue weighted by Crippen LogP contribution is -2.18. The number of carbonyl (C=O) groups is 2. The van der Waals surface area contributed by atoms with E-state index in [-0.39, 0.29) is 30.2 Å². The number of nitrogens with zero attached hydrogens (tertiary/aromatic N) is 1. The molecule has 1 N–H and O–H groups in total. The molecule has 0 unspecified atom stereocenters. The van der Waals surface area contributed by atoms with Crippen molar-refractivity contribution in [2.45, 2.75) is 20.8 Å². The van der Waals surface area contributed by atoms with Crippen LogP contribution in [0.1, 0.15) is 29.8 Å². The molecule has 0 aliphatic rings. The molecule has 8 nitrogen and oxygen atoms in total. The number of rotatable bonds is 5. The number of nitro benzene ring substituents is 1. The number of nitro groups is 1. The molecular formula is C13H16N2O6. The molecule has 0 atom stereocenters. The maximum absolute atomic E-state index is 11.9. The molecule has 0 saturated carbocycles. The minimum Gasteiger partial charge on any atom is -0.462 e. The van der Waals surface area contributed by atoms with Gasteiger partial charge in [0, 0.05) is 12.1 Å². The summed E-state index contributed by atoms with van der Waals surface area (Å²) in [5.41, 5.74) is 0.135. The quantitative estimate of drug-likeness (QED) is 0.508. The van der Waals surface area contributed by atoms with Crippen molar-refractivity contribution in [3.05, 3.63) is 33.4 Å². The van der Waals surface area contributed by atoms with Gasteiger partial charge in [-0.1, -0.05) is 0 Å². The minimum atomic E-state index is -0.803. The number of benzene rings is 1. The van der Waals surface area contributed by atoms with Gasteiger partial charge in [-0.25, -0.2) is 9.59 Å². The summed E-state index contributed by atoms with van der Waals surface area (Å²) in [4.78, 5) is 33.7. The van der Waals surface area contributed by atoms with Crippen LogP contribution in [0.2, 0.25) is 0 Å². The van der Waals surface area contributed by atoms with E-state index in [2.05, 4.69) is 5.32 Å². The van der Waals surface area contributed by atoms with Gasteiger partial charge in [0.15, 0.2) is 0 Å². The number of carbonyl (C=O) groups excluding carboxylic acids is 2. The standard InChI is InChI=1S/C13H16N2O6/c1-4-20-12(16)11-8(3)6-9(15(18)19)7-10(11)14-13(17)21-5-2/h6-7H,4-5H2,1-3H3,(H,14,17). The summed E-state index contributed by atoms with van der Waals surface area (Å²) in [6.07, 6.45) is -0.803. The zero-order valence-corrected chi connectivity index (χ0v) is 12.0. The molecule has 1 rings (SSSR count). The van der Waals surface area contributed by atoms with E-state index in [4.69, 9.17) is 9.47 Å². The Labute approximate surface area is 121 Å². The third-order valence-electron chi connectivity index (χ3n) is 2.52. The Balaban J connectivity index is 3.29. The highest BCUT2D eigenvalue weighted by atomic mass is 16.6. The van der Waals surface area contributed by atoms with Crippen molar-refractivity contribution in [1.82, 2.24) is 0 Å². The predicted octanol–water partition coefficient (Wildman–Crippen LogP) is 2.65. The maximum Gasteiger partial charge on any atom is 0.411 e. The maximum atomic E-state index is 11.9. The fraction of sp³-hybridized carbons (Fsp3) is 0.385. The Kier molecular flexibility index (Phi) is 5.65. The van der Waals surface area contributed by atoms with Gasteiger partial charge in [-0.2, -0.15) is 0 Å². The second-order valence-electron chi connectivity index (χ2n) is 4.01. The number of hydrogen-bond donors (Lipinski definition) is 1. The first-order valence-corrected chi connectivity index (χ1v) is 6.30. The largest absolute Gasteiger partial charge is 0.462 e. The van der Waals surface area contributed by atoms with Crippen molar-refractivity contribution >= 4 is 23.4 Å². The molecule has 0 aliphatic heterocycles. The van der Waals surface area contributed by atoms with E-state index in [0.717, 1.165) is 6.07 Å². The molecule has 0 aliphatic carbocycles. The van der Waals surface area contributed by atoms with Crippen LogP contribution in [0, 0.1) is 17.0 Å². The summed E-state index contributed by atoms with van der Waals surface area (Å²) in [6, 6.07) is 2.33. The lowest BCUT2D eigenvalue weighted by atomic mass is 10.1. The average molecular weight is 296 g/mol. The molecule has 114 valence electrons. The summed E-state index contributed by atoms with van der Waals surface area (Å²) in [6.45, 7) is 5.06. The van der Waals surface area contributed by atoms with E-state index < -0.39 is 17.0 Å². The lowest BCUT2D eigenvalue weighted by molar-refractivity contribution is -0.384. The van der Waals surface area contributed by atoms with E-state index in [1.165, 1.54) is 13.0 Å². The third kappa shape index (κ3) is 4.16. The lowest BCUT2D eigenvalue weighted by Gasteiger charge is -2.12. The monoisotopic (exact) mass is 296 g/mol. The first-order chi connectivity index (χ1) is 9.90. The van der Waals surface area contributed by atoms with Crippen molar-refractivity contribution in [3.8, 4) is 0 Å². The zero-order chi connectivity index (χ0) is 16.0. The van der Waals surface area contributed by atoms with Crippen molar-refractivity contribution in [2.24, 2.45) is 0 Å². The summed E-state index contributed by atoms with van der Waals surface area (Å²) in [7, 11) is 0. The first-order valence-electron chi connectivity index (χ1n) is 6.30. The van der Waals surface area contributed by atoms with Crippen LogP contribution in [0.4, 0.5) is 16.2 Å². The van der Waals surface area contributed by atoms with Gasteiger partial charge in [-0.15, -0.1) is 0 Å². The van der Waals surface area contributed by atoms with Gasteiger partial charge in [-0.3, -0.25) is 15.4 Å². The van der Waals surface area contributed by atoms with Crippen LogP contribution >= 0.6 is 0 Å². The Bertz CT molecular complexity index is 570. The second kappa shape index (κ2) is 7.22. The van der Waals surface area contributed by atoms with Gasteiger partial charge < -0.3 is 9.47 Å². The van der Waals surface area contributed by atoms with Crippen molar-refractivity contribution < 1.29 is 24.0 Å². The molecule has 21 heavy (non-hydrogen) atoms. The van der Waals surface area contributed by atoms with Gasteiger partial charge in [0.25, 0.3) is 5.69 Å². The van der Waals surface area contributed by atoms with E-state index in [9.17, 15) is 19.7 Å². The van der Waals surface area contributed by atoms with Crippen LogP contribution in [0.15, 0.2) is 12.1 Å². The average Bonchev–Trinajstić information content (AvgIpc) is 2.38. The smallest absolute Gasteiger partial charge is 0.411 e. The number of nitrogens with one attached hydrogen (secondary N) is 1. The topological polar surface area (TPSA) is 108 Å². The van der Waals surface area contributed by atoms with Gasteiger partial charge in [0.2, 0.25) is 0 Å². The van der Waals surface area contributed by atoms with E-state index >= 15 is 0 Å². The van der Waals surface area contributed by atoms with Crippen LogP contribution in [-0.2, 0) is 9.47 Å². The van der Waals surface area contributed by atoms with Crippen molar-refractivity contribution in [2.75, 3.05) is 18.5 Å². The van der Waals surface area contributed by atoms with Crippen LogP contribution in [0.5, 0.6) is 0 Å². The molecule has 0 radical (unpaired) electrons. The molecule has 8 heteroatoms. The fourth-order valence-corrected chi connectivity index (χ4v) is 1.72. The van der Waals surface area contributed by atoms with E-state index in [0.29, 0.717) is 5.56 Å². The first kappa shape index (κ1) is 16.4. The van der Waals surface area contributed by atoms with Gasteiger partial charge in [0.05, 0.1) is 29.4 Å². The molecule has 0 spiro atoms. The highest BCUT2D eigenvalue weighted by Gasteiger charge is 2.22. The number of non-ortho nitro benzene ring substituents is 1. The van der Waals surface area contributed by atoms with Gasteiger partial charge in [0.1, 0.15) is 0 Å². The SMILES string of the molecule is CCOC(=O)Nc1cc([N+](=O)[O-])cc(C)c1C(=O)OCC. The normalized spacial score (nSPS) is 9.86. The van der Waals surface area contributed by atoms with E-state index in [1.807, 2.05) is 0 Å². The molecule has 0 aromatic heterocycles. The second-order valence-corrected chi connectivity index (χ2v) is 4.01. The fourth-order valence-electron chi connectivity index (χ4n) is 1.72. The van der Waals surface area contributed by atoms with Crippen LogP contribution in [0.3, 0.4) is 0 Å². The summed E-state index contributed by atoms with van der Waals surface area (Å²) in [5.74, 6) is -0.670. The predicted molar refractivity (Wildman–Crippen MR) is 74.4 cm³/mol. The van der Waals surface area contributed by atoms with Crippen molar-refractivity contribution in [1.29, 1.82) is 0 Å². The molecule has 1 aromatic rings. The minimum absolute atomic E-state index is 0.0152. The van der Waals surface area contributed by atoms with E-state index in [1.54, 1.807) is 13.8 Å². The molecule has 0 saturated heterocycles. The number of anilines is 1. The molecule has 0 bridgehead atoms. The summed E-state index contributed by atoms with van der Waals surface area (Å²) in [5, 5.41) is 13.2. The van der Waals surface area contributed by atoms with Crippen LogP contribution in [0.25, 0.3) is 0 Å². The highest BCUT2D eigenvalue weighted by Crippen LogP contribution is 2.27. The number of esters is 1. The Morgan fingerprint density at radius 2 is 1.86 bits per heavy atom. The molecular weight excluding hydrogens is 280 g/mol. The summed E-state index contributed by atoms with van der Waals surface area (Å²) < 4.78 is 9.60. The van der Waals surface area contributed by atoms with Crippen LogP contribution < -0.4 is 5.32 Å². The Morgan fingerprint density at radius 1 is 1.24 bits per heavy atom. The van der Waals surface area contributed by atoms with Gasteiger partial charge >= 0.3 is 12.1 Å². The molecule has 0 heterocycles.